The maximum atomic E-state index is 12.4. The lowest BCUT2D eigenvalue weighted by atomic mass is 10.0. The number of carbonyl (C=O) groups excluding carboxylic acids is 1. The van der Waals surface area contributed by atoms with Crippen LogP contribution in [0.25, 0.3) is 0 Å². The molecule has 0 bridgehead atoms. The van der Waals surface area contributed by atoms with Gasteiger partial charge in [0, 0.05) is 10.2 Å². The van der Waals surface area contributed by atoms with Crippen LogP contribution in [0.2, 0.25) is 0 Å². The molecule has 0 aliphatic carbocycles. The Morgan fingerprint density at radius 3 is 2.79 bits per heavy atom. The first-order chi connectivity index (χ1) is 9.20. The molecule has 0 aromatic heterocycles. The Morgan fingerprint density at radius 2 is 2.11 bits per heavy atom. The van der Waals surface area contributed by atoms with Crippen molar-refractivity contribution in [1.29, 1.82) is 0 Å². The van der Waals surface area contributed by atoms with E-state index in [1.54, 1.807) is 0 Å². The molecule has 19 heavy (non-hydrogen) atoms. The van der Waals surface area contributed by atoms with Crippen molar-refractivity contribution in [3.05, 3.63) is 28.7 Å². The lowest BCUT2D eigenvalue weighted by molar-refractivity contribution is -0.122. The van der Waals surface area contributed by atoms with E-state index in [2.05, 4.69) is 33.1 Å². The summed E-state index contributed by atoms with van der Waals surface area (Å²) in [6.07, 6.45) is 4.44. The van der Waals surface area contributed by atoms with Crippen LogP contribution >= 0.6 is 15.9 Å². The number of hydrogen-bond acceptors (Lipinski definition) is 2. The first-order valence-electron chi connectivity index (χ1n) is 7.01. The topological polar surface area (TPSA) is 32.3 Å². The van der Waals surface area contributed by atoms with Crippen molar-refractivity contribution in [2.24, 2.45) is 0 Å². The van der Waals surface area contributed by atoms with E-state index in [4.69, 9.17) is 0 Å². The highest BCUT2D eigenvalue weighted by molar-refractivity contribution is 9.10. The molecule has 1 aliphatic heterocycles. The van der Waals surface area contributed by atoms with Gasteiger partial charge >= 0.3 is 0 Å². The number of nitrogens with one attached hydrogen (secondary N) is 1. The van der Waals surface area contributed by atoms with Crippen LogP contribution in [0.3, 0.4) is 0 Å². The van der Waals surface area contributed by atoms with Gasteiger partial charge in [-0.25, -0.2) is 0 Å². The molecule has 1 fully saturated rings. The number of piperidine rings is 1. The fourth-order valence-corrected chi connectivity index (χ4v) is 2.87. The highest BCUT2D eigenvalue weighted by Crippen LogP contribution is 2.20. The predicted molar refractivity (Wildman–Crippen MR) is 82.3 cm³/mol. The quantitative estimate of drug-likeness (QED) is 0.916. The number of likely N-dealkylation sites (tertiary alicyclic amines) is 1. The molecule has 0 radical (unpaired) electrons. The van der Waals surface area contributed by atoms with Crippen molar-refractivity contribution in [3.8, 4) is 0 Å². The number of hydrogen-bond donors (Lipinski definition) is 1. The van der Waals surface area contributed by atoms with Gasteiger partial charge in [-0.2, -0.15) is 0 Å². The summed E-state index contributed by atoms with van der Waals surface area (Å²) in [5.41, 5.74) is 0.871. The van der Waals surface area contributed by atoms with Gasteiger partial charge in [-0.3, -0.25) is 9.69 Å². The summed E-state index contributed by atoms with van der Waals surface area (Å²) < 4.78 is 1.02. The summed E-state index contributed by atoms with van der Waals surface area (Å²) in [5.74, 6) is 0.135. The van der Waals surface area contributed by atoms with Crippen molar-refractivity contribution >= 4 is 27.5 Å². The number of anilines is 1. The zero-order valence-corrected chi connectivity index (χ0v) is 12.9. The van der Waals surface area contributed by atoms with Gasteiger partial charge < -0.3 is 5.32 Å². The normalized spacial score (nSPS) is 20.2. The molecule has 1 saturated heterocycles. The minimum absolute atomic E-state index is 0.0392. The van der Waals surface area contributed by atoms with Gasteiger partial charge in [-0.05, 0) is 56.6 Å². The first-order valence-corrected chi connectivity index (χ1v) is 7.80. The van der Waals surface area contributed by atoms with E-state index >= 15 is 0 Å². The molecule has 1 aromatic carbocycles. The highest BCUT2D eigenvalue weighted by Gasteiger charge is 2.27. The van der Waals surface area contributed by atoms with Crippen molar-refractivity contribution in [1.82, 2.24) is 4.90 Å². The standard InChI is InChI=1S/C15H21BrN2O/c1-2-10-18-11-4-3-5-14(18)15(19)17-13-8-6-12(16)7-9-13/h6-9,14H,2-5,10-11H2,1H3,(H,17,19). The molecule has 1 N–H and O–H groups in total. The monoisotopic (exact) mass is 324 g/mol. The predicted octanol–water partition coefficient (Wildman–Crippen LogP) is 3.65. The smallest absolute Gasteiger partial charge is 0.241 e. The van der Waals surface area contributed by atoms with Crippen molar-refractivity contribution in [2.45, 2.75) is 38.6 Å². The van der Waals surface area contributed by atoms with E-state index in [1.807, 2.05) is 24.3 Å². The molecule has 1 aromatic rings. The van der Waals surface area contributed by atoms with E-state index < -0.39 is 0 Å². The van der Waals surface area contributed by atoms with Gasteiger partial charge in [0.1, 0.15) is 0 Å². The Hall–Kier alpha value is -0.870. The Bertz CT molecular complexity index is 417. The number of nitrogens with zero attached hydrogens (tertiary/aromatic N) is 1. The first kappa shape index (κ1) is 14.5. The summed E-state index contributed by atoms with van der Waals surface area (Å²) >= 11 is 3.40. The second-order valence-corrected chi connectivity index (χ2v) is 5.96. The summed E-state index contributed by atoms with van der Waals surface area (Å²) in [5, 5.41) is 3.03. The maximum absolute atomic E-state index is 12.4. The fourth-order valence-electron chi connectivity index (χ4n) is 2.60. The Morgan fingerprint density at radius 1 is 1.37 bits per heavy atom. The Balaban J connectivity index is 1.99. The van der Waals surface area contributed by atoms with Gasteiger partial charge in [0.15, 0.2) is 0 Å². The van der Waals surface area contributed by atoms with Crippen LogP contribution in [0.5, 0.6) is 0 Å². The van der Waals surface area contributed by atoms with E-state index in [9.17, 15) is 4.79 Å². The molecule has 104 valence electrons. The van der Waals surface area contributed by atoms with Crippen molar-refractivity contribution in [3.63, 3.8) is 0 Å². The van der Waals surface area contributed by atoms with E-state index in [0.29, 0.717) is 0 Å². The molecule has 2 rings (SSSR count). The van der Waals surface area contributed by atoms with Gasteiger partial charge in [0.2, 0.25) is 5.91 Å². The number of benzene rings is 1. The van der Waals surface area contributed by atoms with Crippen LogP contribution in [-0.2, 0) is 4.79 Å². The molecule has 1 unspecified atom stereocenters. The fraction of sp³-hybridized carbons (Fsp3) is 0.533. The van der Waals surface area contributed by atoms with E-state index in [0.717, 1.165) is 42.5 Å². The lowest BCUT2D eigenvalue weighted by Crippen LogP contribution is -2.47. The maximum Gasteiger partial charge on any atom is 0.241 e. The minimum Gasteiger partial charge on any atom is -0.325 e. The van der Waals surface area contributed by atoms with Crippen LogP contribution in [0, 0.1) is 0 Å². The summed E-state index contributed by atoms with van der Waals surface area (Å²) in [4.78, 5) is 14.7. The molecule has 0 saturated carbocycles. The number of rotatable bonds is 4. The zero-order chi connectivity index (χ0) is 13.7. The lowest BCUT2D eigenvalue weighted by Gasteiger charge is -2.34. The SMILES string of the molecule is CCCN1CCCCC1C(=O)Nc1ccc(Br)cc1. The van der Waals surface area contributed by atoms with Crippen LogP contribution in [-0.4, -0.2) is 29.9 Å². The minimum atomic E-state index is 0.0392. The number of carbonyl (C=O) groups is 1. The average Bonchev–Trinajstić information content (AvgIpc) is 2.42. The van der Waals surface area contributed by atoms with Crippen LogP contribution < -0.4 is 5.32 Å². The Labute approximate surface area is 123 Å². The molecule has 3 nitrogen and oxygen atoms in total. The summed E-state index contributed by atoms with van der Waals surface area (Å²) in [6, 6.07) is 7.78. The van der Waals surface area contributed by atoms with Crippen LogP contribution in [0.15, 0.2) is 28.7 Å². The number of halogens is 1. The van der Waals surface area contributed by atoms with Gasteiger partial charge in [0.25, 0.3) is 0 Å². The zero-order valence-electron chi connectivity index (χ0n) is 11.4. The van der Waals surface area contributed by atoms with Crippen LogP contribution in [0.1, 0.15) is 32.6 Å². The van der Waals surface area contributed by atoms with Crippen LogP contribution in [0.4, 0.5) is 5.69 Å². The average molecular weight is 325 g/mol. The van der Waals surface area contributed by atoms with Crippen molar-refractivity contribution < 1.29 is 4.79 Å². The second kappa shape index (κ2) is 7.06. The Kier molecular flexibility index (Phi) is 5.40. The molecular formula is C15H21BrN2O. The third-order valence-electron chi connectivity index (χ3n) is 3.54. The largest absolute Gasteiger partial charge is 0.325 e. The molecule has 1 aliphatic rings. The highest BCUT2D eigenvalue weighted by atomic mass is 79.9. The summed E-state index contributed by atoms with van der Waals surface area (Å²) in [7, 11) is 0. The molecule has 1 amide bonds. The van der Waals surface area contributed by atoms with E-state index in [1.165, 1.54) is 6.42 Å². The van der Waals surface area contributed by atoms with E-state index in [-0.39, 0.29) is 11.9 Å². The second-order valence-electron chi connectivity index (χ2n) is 5.04. The molecule has 1 atom stereocenters. The third kappa shape index (κ3) is 4.05. The van der Waals surface area contributed by atoms with Gasteiger partial charge in [-0.1, -0.05) is 29.3 Å². The third-order valence-corrected chi connectivity index (χ3v) is 4.07. The summed E-state index contributed by atoms with van der Waals surface area (Å²) in [6.45, 7) is 4.23. The molecule has 0 spiro atoms. The number of amides is 1. The molecule has 1 heterocycles. The van der Waals surface area contributed by atoms with Crippen molar-refractivity contribution in [2.75, 3.05) is 18.4 Å². The molecule has 4 heteroatoms. The molecular weight excluding hydrogens is 304 g/mol. The van der Waals surface area contributed by atoms with Gasteiger partial charge in [0.05, 0.1) is 6.04 Å². The van der Waals surface area contributed by atoms with Gasteiger partial charge in [-0.15, -0.1) is 0 Å².